The van der Waals surface area contributed by atoms with Gasteiger partial charge in [-0.1, -0.05) is 115 Å². The fourth-order valence-corrected chi connectivity index (χ4v) is 6.09. The molecular formula is C35H26. The van der Waals surface area contributed by atoms with Gasteiger partial charge in [0.15, 0.2) is 0 Å². The lowest BCUT2D eigenvalue weighted by Crippen LogP contribution is -1.94. The van der Waals surface area contributed by atoms with E-state index in [1.54, 1.807) is 0 Å². The zero-order valence-electron chi connectivity index (χ0n) is 19.7. The van der Waals surface area contributed by atoms with Gasteiger partial charge in [0.2, 0.25) is 0 Å². The molecule has 7 rings (SSSR count). The van der Waals surface area contributed by atoms with Crippen molar-refractivity contribution >= 4 is 43.5 Å². The predicted molar refractivity (Wildman–Crippen MR) is 152 cm³/mol. The van der Waals surface area contributed by atoms with Crippen LogP contribution in [0.2, 0.25) is 0 Å². The molecule has 0 aromatic heterocycles. The van der Waals surface area contributed by atoms with E-state index in [9.17, 15) is 0 Å². The van der Waals surface area contributed by atoms with Gasteiger partial charge < -0.3 is 0 Å². The first-order chi connectivity index (χ1) is 17.4. The van der Waals surface area contributed by atoms with Crippen LogP contribution in [-0.2, 0) is 0 Å². The van der Waals surface area contributed by atoms with Crippen LogP contribution >= 0.6 is 0 Å². The van der Waals surface area contributed by atoms with Crippen molar-refractivity contribution in [2.45, 2.75) is 19.3 Å². The first-order valence-electron chi connectivity index (χ1n) is 12.6. The fraction of sp³-hybridized carbons (Fsp3) is 0.0857. The van der Waals surface area contributed by atoms with Gasteiger partial charge in [0, 0.05) is 0 Å². The maximum atomic E-state index is 2.35. The fourth-order valence-electron chi connectivity index (χ4n) is 6.09. The number of hydrogen-bond donors (Lipinski definition) is 0. The van der Waals surface area contributed by atoms with Crippen LogP contribution in [0.25, 0.3) is 54.6 Å². The van der Waals surface area contributed by atoms with Gasteiger partial charge in [-0.15, -0.1) is 0 Å². The molecule has 166 valence electrons. The molecule has 35 heavy (non-hydrogen) atoms. The van der Waals surface area contributed by atoms with Crippen LogP contribution in [0.4, 0.5) is 0 Å². The minimum absolute atomic E-state index is 1.13. The Balaban J connectivity index is 1.59. The van der Waals surface area contributed by atoms with Crippen LogP contribution in [0, 0.1) is 0 Å². The van der Waals surface area contributed by atoms with Crippen molar-refractivity contribution in [2.24, 2.45) is 0 Å². The van der Waals surface area contributed by atoms with Crippen molar-refractivity contribution in [1.82, 2.24) is 0 Å². The minimum atomic E-state index is 1.13. The second-order valence-corrected chi connectivity index (χ2v) is 9.58. The summed E-state index contributed by atoms with van der Waals surface area (Å²) in [6.07, 6.45) is 3.50. The highest BCUT2D eigenvalue weighted by Crippen LogP contribution is 2.48. The molecule has 0 heteroatoms. The van der Waals surface area contributed by atoms with Crippen molar-refractivity contribution in [1.29, 1.82) is 0 Å². The number of benzene rings is 6. The molecule has 0 radical (unpaired) electrons. The molecule has 0 atom stereocenters. The standard InChI is InChI=1S/C35H26/c1-2-12-25(13-3-1)28-19-10-20-29(28)35-32-17-8-6-15-30(32)34(31-16-7-9-18-33(31)35)27-22-21-24-11-4-5-14-26(24)23-27/h1-9,11-18,21-23H,10,19-20H2. The molecule has 1 aliphatic carbocycles. The zero-order valence-corrected chi connectivity index (χ0v) is 19.7. The zero-order chi connectivity index (χ0) is 23.2. The van der Waals surface area contributed by atoms with E-state index in [0.29, 0.717) is 0 Å². The van der Waals surface area contributed by atoms with Crippen molar-refractivity contribution in [3.05, 3.63) is 132 Å². The Morgan fingerprint density at radius 2 is 0.914 bits per heavy atom. The Morgan fingerprint density at radius 1 is 0.371 bits per heavy atom. The Kier molecular flexibility index (Phi) is 4.77. The molecule has 0 bridgehead atoms. The average Bonchev–Trinajstić information content (AvgIpc) is 3.41. The second-order valence-electron chi connectivity index (χ2n) is 9.58. The van der Waals surface area contributed by atoms with Crippen LogP contribution in [0.15, 0.2) is 121 Å². The summed E-state index contributed by atoms with van der Waals surface area (Å²) in [6.45, 7) is 0. The summed E-state index contributed by atoms with van der Waals surface area (Å²) in [6, 6.07) is 44.6. The van der Waals surface area contributed by atoms with Gasteiger partial charge in [0.25, 0.3) is 0 Å². The third kappa shape index (κ3) is 3.29. The lowest BCUT2D eigenvalue weighted by atomic mass is 9.84. The normalized spacial score (nSPS) is 13.8. The van der Waals surface area contributed by atoms with Crippen molar-refractivity contribution < 1.29 is 0 Å². The Hall–Kier alpha value is -4.16. The van der Waals surface area contributed by atoms with Crippen LogP contribution < -0.4 is 0 Å². The van der Waals surface area contributed by atoms with Gasteiger partial charge in [-0.25, -0.2) is 0 Å². The third-order valence-electron chi connectivity index (χ3n) is 7.61. The lowest BCUT2D eigenvalue weighted by Gasteiger charge is -2.19. The van der Waals surface area contributed by atoms with Crippen LogP contribution in [0.5, 0.6) is 0 Å². The SMILES string of the molecule is c1ccc(C2=C(c3c4ccccc4c(-c4ccc5ccccc5c4)c4ccccc34)CCC2)cc1. The summed E-state index contributed by atoms with van der Waals surface area (Å²) in [5.41, 5.74) is 8.45. The van der Waals surface area contributed by atoms with Gasteiger partial charge in [-0.05, 0) is 91.0 Å². The average molecular weight is 447 g/mol. The molecule has 0 fully saturated rings. The Morgan fingerprint density at radius 3 is 1.60 bits per heavy atom. The van der Waals surface area contributed by atoms with E-state index in [2.05, 4.69) is 121 Å². The molecule has 6 aromatic rings. The topological polar surface area (TPSA) is 0 Å². The Labute approximate surface area is 206 Å². The summed E-state index contributed by atoms with van der Waals surface area (Å²) < 4.78 is 0. The number of fused-ring (bicyclic) bond motifs is 3. The first-order valence-corrected chi connectivity index (χ1v) is 12.6. The quantitative estimate of drug-likeness (QED) is 0.237. The van der Waals surface area contributed by atoms with Crippen LogP contribution in [0.3, 0.4) is 0 Å². The molecule has 0 nitrogen and oxygen atoms in total. The van der Waals surface area contributed by atoms with Gasteiger partial charge in [-0.3, -0.25) is 0 Å². The van der Waals surface area contributed by atoms with Gasteiger partial charge >= 0.3 is 0 Å². The first kappa shape index (κ1) is 20.2. The van der Waals surface area contributed by atoms with Gasteiger partial charge in [0.05, 0.1) is 0 Å². The summed E-state index contributed by atoms with van der Waals surface area (Å²) in [5.74, 6) is 0. The van der Waals surface area contributed by atoms with E-state index >= 15 is 0 Å². The highest BCUT2D eigenvalue weighted by atomic mass is 14.3. The molecule has 0 spiro atoms. The molecule has 0 amide bonds. The highest BCUT2D eigenvalue weighted by molar-refractivity contribution is 6.21. The highest BCUT2D eigenvalue weighted by Gasteiger charge is 2.23. The molecule has 0 aliphatic heterocycles. The minimum Gasteiger partial charge on any atom is -0.0622 e. The summed E-state index contributed by atoms with van der Waals surface area (Å²) in [4.78, 5) is 0. The van der Waals surface area contributed by atoms with E-state index in [4.69, 9.17) is 0 Å². The number of hydrogen-bond acceptors (Lipinski definition) is 0. The molecule has 0 heterocycles. The van der Waals surface area contributed by atoms with Gasteiger partial charge in [0.1, 0.15) is 0 Å². The number of rotatable bonds is 3. The van der Waals surface area contributed by atoms with Crippen molar-refractivity contribution in [3.8, 4) is 11.1 Å². The monoisotopic (exact) mass is 446 g/mol. The maximum absolute atomic E-state index is 2.35. The Bertz CT molecular complexity index is 1700. The molecular weight excluding hydrogens is 420 g/mol. The smallest absolute Gasteiger partial charge is 0.00262 e. The van der Waals surface area contributed by atoms with E-state index in [0.717, 1.165) is 12.8 Å². The van der Waals surface area contributed by atoms with Crippen LogP contribution in [0.1, 0.15) is 30.4 Å². The molecule has 0 saturated carbocycles. The van der Waals surface area contributed by atoms with Crippen molar-refractivity contribution in [2.75, 3.05) is 0 Å². The van der Waals surface area contributed by atoms with E-state index in [1.807, 2.05) is 0 Å². The van der Waals surface area contributed by atoms with E-state index in [1.165, 1.54) is 72.1 Å². The lowest BCUT2D eigenvalue weighted by molar-refractivity contribution is 0.942. The summed E-state index contributed by atoms with van der Waals surface area (Å²) in [5, 5.41) is 7.96. The number of allylic oxidation sites excluding steroid dienone is 2. The maximum Gasteiger partial charge on any atom is -0.00262 e. The molecule has 0 unspecified atom stereocenters. The molecule has 6 aromatic carbocycles. The van der Waals surface area contributed by atoms with Gasteiger partial charge in [-0.2, -0.15) is 0 Å². The third-order valence-corrected chi connectivity index (χ3v) is 7.61. The van der Waals surface area contributed by atoms with E-state index in [-0.39, 0.29) is 0 Å². The van der Waals surface area contributed by atoms with Crippen molar-refractivity contribution in [3.63, 3.8) is 0 Å². The summed E-state index contributed by atoms with van der Waals surface area (Å²) in [7, 11) is 0. The molecule has 1 aliphatic rings. The largest absolute Gasteiger partial charge is 0.0622 e. The van der Waals surface area contributed by atoms with Crippen LogP contribution in [-0.4, -0.2) is 0 Å². The molecule has 0 N–H and O–H groups in total. The predicted octanol–water partition coefficient (Wildman–Crippen LogP) is 9.91. The van der Waals surface area contributed by atoms with E-state index < -0.39 is 0 Å². The second kappa shape index (κ2) is 8.25. The summed E-state index contributed by atoms with van der Waals surface area (Å²) >= 11 is 0. The molecule has 0 saturated heterocycles.